The predicted octanol–water partition coefficient (Wildman–Crippen LogP) is 11.4. The van der Waals surface area contributed by atoms with Gasteiger partial charge in [0.1, 0.15) is 0 Å². The highest BCUT2D eigenvalue weighted by atomic mass is 31.0. The van der Waals surface area contributed by atoms with E-state index in [1.54, 1.807) is 0 Å². The molecule has 0 fully saturated rings. The quantitative estimate of drug-likeness (QED) is 0.0137. The van der Waals surface area contributed by atoms with Crippen molar-refractivity contribution in [3.8, 4) is 0 Å². The average Bonchev–Trinajstić information content (AvgIpc) is 3.71. The molecule has 7 N–H and O–H groups in total. The Hall–Kier alpha value is -8.11. The Bertz CT molecular complexity index is 3100. The summed E-state index contributed by atoms with van der Waals surface area (Å²) in [6.07, 6.45) is 0. The first kappa shape index (κ1) is 76.9. The minimum Gasteiger partial charge on any atom is -0.378 e. The number of hydrogen-bond acceptors (Lipinski definition) is 14. The van der Waals surface area contributed by atoms with Crippen LogP contribution >= 0.6 is 29.7 Å². The van der Waals surface area contributed by atoms with Gasteiger partial charge in [-0.05, 0) is 157 Å². The summed E-state index contributed by atoms with van der Waals surface area (Å²) in [6.45, 7) is 2.26. The van der Waals surface area contributed by atoms with E-state index in [4.69, 9.17) is 11.4 Å². The largest absolute Gasteiger partial charge is 0.379 e. The van der Waals surface area contributed by atoms with E-state index in [1.807, 2.05) is 225 Å². The van der Waals surface area contributed by atoms with Gasteiger partial charge in [0, 0.05) is 186 Å². The zero-order chi connectivity index (χ0) is 62.2. The minimum absolute atomic E-state index is 0. The lowest BCUT2D eigenvalue weighted by molar-refractivity contribution is -0.117. The zero-order valence-electron chi connectivity index (χ0n) is 54.8. The van der Waals surface area contributed by atoms with E-state index in [0.717, 1.165) is 62.1 Å². The molecular formula is C69H100N14OP3+. The van der Waals surface area contributed by atoms with Crippen LogP contribution in [0.2, 0.25) is 0 Å². The van der Waals surface area contributed by atoms with Crippen LogP contribution in [-0.2, 0) is 0 Å². The number of carbonyl (C=O) groups is 1. The van der Waals surface area contributed by atoms with Gasteiger partial charge in [0.05, 0.1) is 27.2 Å². The monoisotopic (exact) mass is 1230 g/mol. The van der Waals surface area contributed by atoms with Crippen LogP contribution in [0.4, 0.5) is 45.5 Å². The number of hydrazine groups is 1. The number of benzene rings is 8. The van der Waals surface area contributed by atoms with E-state index in [-0.39, 0.29) is 35.5 Å². The topological polar surface area (TPSA) is 171 Å². The van der Waals surface area contributed by atoms with Crippen molar-refractivity contribution in [3.63, 3.8) is 0 Å². The Balaban J connectivity index is 0.000000568. The summed E-state index contributed by atoms with van der Waals surface area (Å²) in [5.41, 5.74) is 26.3. The van der Waals surface area contributed by atoms with Crippen LogP contribution in [0, 0.1) is 5.53 Å². The summed E-state index contributed by atoms with van der Waals surface area (Å²) in [5.74, 6) is 14.1. The third-order valence-electron chi connectivity index (χ3n) is 14.0. The molecule has 3 atom stereocenters. The van der Waals surface area contributed by atoms with Gasteiger partial charge in [-0.3, -0.25) is 16.5 Å². The molecule has 8 aromatic rings. The molecule has 0 aliphatic rings. The number of anilines is 8. The highest BCUT2D eigenvalue weighted by molar-refractivity contribution is 6.92. The Kier molecular flexibility index (Phi) is 33.7. The molecule has 0 spiro atoms. The van der Waals surface area contributed by atoms with Crippen molar-refractivity contribution in [2.24, 2.45) is 22.6 Å². The van der Waals surface area contributed by atoms with Crippen LogP contribution < -0.4 is 56.7 Å². The van der Waals surface area contributed by atoms with E-state index in [9.17, 15) is 4.79 Å². The highest BCUT2D eigenvalue weighted by Crippen LogP contribution is 2.28. The number of nitrogens with one attached hydrogen (secondary N) is 1. The molecule has 0 radical (unpaired) electrons. The summed E-state index contributed by atoms with van der Waals surface area (Å²) in [7, 11) is 32.3. The molecule has 18 heteroatoms. The Morgan fingerprint density at radius 2 is 0.506 bits per heavy atom. The summed E-state index contributed by atoms with van der Waals surface area (Å²) in [5, 5.41) is 3.97. The normalized spacial score (nSPS) is 9.70. The third kappa shape index (κ3) is 22.9. The molecule has 0 aliphatic carbocycles. The first-order valence-electron chi connectivity index (χ1n) is 27.6. The van der Waals surface area contributed by atoms with Crippen LogP contribution in [0.25, 0.3) is 0 Å². The van der Waals surface area contributed by atoms with E-state index in [0.29, 0.717) is 22.8 Å². The van der Waals surface area contributed by atoms with E-state index >= 15 is 0 Å². The molecule has 0 aliphatic heterocycles. The Morgan fingerprint density at radius 3 is 0.678 bits per heavy atom. The van der Waals surface area contributed by atoms with Gasteiger partial charge < -0.3 is 45.0 Å². The fraction of sp³-hybridized carbons (Fsp3) is 0.261. The molecule has 0 aromatic heterocycles. The van der Waals surface area contributed by atoms with Crippen LogP contribution in [-0.4, -0.2) is 135 Å². The molecule has 0 amide bonds. The molecule has 15 nitrogen and oxygen atoms in total. The van der Waals surface area contributed by atoms with Gasteiger partial charge in [-0.1, -0.05) is 55.5 Å². The van der Waals surface area contributed by atoms with E-state index in [1.165, 1.54) is 22.5 Å². The standard InChI is InChI=1S/C18H24N2.C17H22N4.C17H21N4.C17H20N2O.H4N2.3H3P/c1-14(15-6-10-17(11-7-15)19(2)3)16-8-12-18(13-9-16)20(4)5;2*1-20(2)15-9-5-13(6-10-15)17(19-18)14-7-11-16(12-8-14)21(3)4;1-18(2)15-9-5-13(6-10-15)17(20)14-7-11-16(12-8-14)19(3)4;1-2;;;/h6-14H,1-5H3;5-12H,18H2,1-4H3;5-12,18H,1-4H3;5-12H,1-4H3;1-2H2;3*1H3/q;;+1;;;;;. The van der Waals surface area contributed by atoms with Crippen molar-refractivity contribution in [1.29, 1.82) is 5.53 Å². The van der Waals surface area contributed by atoms with Crippen LogP contribution in [0.3, 0.4) is 0 Å². The fourth-order valence-corrected chi connectivity index (χ4v) is 8.58. The lowest BCUT2D eigenvalue weighted by atomic mass is 9.93. The maximum atomic E-state index is 12.4. The summed E-state index contributed by atoms with van der Waals surface area (Å²) in [4.78, 5) is 32.6. The van der Waals surface area contributed by atoms with E-state index < -0.39 is 0 Å². The smallest absolute Gasteiger partial charge is 0.378 e. The van der Waals surface area contributed by atoms with E-state index in [2.05, 4.69) is 149 Å². The average molecular weight is 1230 g/mol. The molecule has 0 bridgehead atoms. The molecule has 3 unspecified atom stereocenters. The van der Waals surface area contributed by atoms with Crippen LogP contribution in [0.5, 0.6) is 0 Å². The molecule has 0 saturated heterocycles. The number of hydrogen-bond donors (Lipinski definition) is 4. The van der Waals surface area contributed by atoms with Gasteiger partial charge >= 0.3 is 5.71 Å². The zero-order valence-corrected chi connectivity index (χ0v) is 59.0. The van der Waals surface area contributed by atoms with Gasteiger partial charge in [0.25, 0.3) is 0 Å². The summed E-state index contributed by atoms with van der Waals surface area (Å²) < 4.78 is 0. The number of nitrogens with two attached hydrogens (primary N) is 3. The first-order valence-corrected chi connectivity index (χ1v) is 27.6. The summed E-state index contributed by atoms with van der Waals surface area (Å²) >= 11 is 0. The lowest BCUT2D eigenvalue weighted by Crippen LogP contribution is -2.11. The van der Waals surface area contributed by atoms with Gasteiger partial charge in [0.15, 0.2) is 5.78 Å². The molecule has 0 heterocycles. The van der Waals surface area contributed by atoms with Gasteiger partial charge in [0.2, 0.25) is 0 Å². The highest BCUT2D eigenvalue weighted by Gasteiger charge is 2.19. The molecule has 8 aromatic carbocycles. The van der Waals surface area contributed by atoms with Crippen molar-refractivity contribution in [3.05, 3.63) is 239 Å². The number of carbonyl (C=O) groups excluding carboxylic acids is 1. The van der Waals surface area contributed by atoms with Crippen molar-refractivity contribution in [2.75, 3.05) is 152 Å². The molecule has 466 valence electrons. The summed E-state index contributed by atoms with van der Waals surface area (Å²) in [6, 6.07) is 65.5. The fourth-order valence-electron chi connectivity index (χ4n) is 8.58. The maximum Gasteiger partial charge on any atom is 0.379 e. The molecule has 0 saturated carbocycles. The maximum absolute atomic E-state index is 12.4. The second-order valence-electron chi connectivity index (χ2n) is 21.6. The Labute approximate surface area is 530 Å². The number of nitrogens with zero attached hydrogens (tertiary/aromatic N) is 10. The number of hydrazone groups is 1. The second kappa shape index (κ2) is 38.1. The van der Waals surface area contributed by atoms with Crippen molar-refractivity contribution < 1.29 is 9.58 Å². The number of ketones is 1. The van der Waals surface area contributed by atoms with Gasteiger partial charge in [-0.2, -0.15) is 34.8 Å². The van der Waals surface area contributed by atoms with Gasteiger partial charge in [-0.15, -0.1) is 0 Å². The predicted molar refractivity (Wildman–Crippen MR) is 395 cm³/mol. The lowest BCUT2D eigenvalue weighted by Gasteiger charge is -2.17. The third-order valence-corrected chi connectivity index (χ3v) is 14.0. The SMILES string of the molecule is CC(c1ccc(N(C)C)cc1)c1ccc(N(C)C)cc1.CN(C)c1ccc(C(=NN)c2ccc(N(C)C)cc2)cc1.CN(C)c1ccc(C(=O)c2ccc(N(C)C)cc2)cc1.CN(C)c1ccc(C(=[N+]=N)c2ccc(N(C)C)cc2)cc1.NN.P.P.P. The van der Waals surface area contributed by atoms with Crippen molar-refractivity contribution in [2.45, 2.75) is 12.8 Å². The number of rotatable bonds is 16. The minimum atomic E-state index is 0. The second-order valence-corrected chi connectivity index (χ2v) is 21.6. The molecular weight excluding hydrogens is 1130 g/mol. The van der Waals surface area contributed by atoms with Crippen LogP contribution in [0.1, 0.15) is 62.1 Å². The Morgan fingerprint density at radius 1 is 0.333 bits per heavy atom. The van der Waals surface area contributed by atoms with Gasteiger partial charge in [-0.25, -0.2) is 0 Å². The van der Waals surface area contributed by atoms with Crippen molar-refractivity contribution in [1.82, 2.24) is 0 Å². The molecule has 8 rings (SSSR count). The van der Waals surface area contributed by atoms with Crippen molar-refractivity contribution >= 4 is 92.4 Å². The first-order chi connectivity index (χ1) is 40.0. The molecule has 87 heavy (non-hydrogen) atoms. The van der Waals surface area contributed by atoms with Crippen LogP contribution in [0.15, 0.2) is 199 Å².